The molecule has 2 heteroatoms. The highest BCUT2D eigenvalue weighted by molar-refractivity contribution is 9.10. The topological polar surface area (TPSA) is 12.0 Å². The lowest BCUT2D eigenvalue weighted by Crippen LogP contribution is -2.20. The van der Waals surface area contributed by atoms with E-state index in [1.54, 1.807) is 0 Å². The predicted molar refractivity (Wildman–Crippen MR) is 95.0 cm³/mol. The summed E-state index contributed by atoms with van der Waals surface area (Å²) in [6.45, 7) is 8.74. The summed E-state index contributed by atoms with van der Waals surface area (Å²) in [6, 6.07) is 11.5. The maximum absolute atomic E-state index is 3.61. The van der Waals surface area contributed by atoms with Crippen LogP contribution in [0.5, 0.6) is 0 Å². The molecule has 0 heterocycles. The van der Waals surface area contributed by atoms with Crippen LogP contribution in [0.1, 0.15) is 39.4 Å². The van der Waals surface area contributed by atoms with Crippen LogP contribution in [0.4, 0.5) is 0 Å². The molecule has 2 aromatic rings. The van der Waals surface area contributed by atoms with E-state index in [4.69, 9.17) is 0 Å². The fraction of sp³-hybridized carbons (Fsp3) is 0.368. The molecule has 1 atom stereocenters. The van der Waals surface area contributed by atoms with E-state index in [0.717, 1.165) is 10.9 Å². The lowest BCUT2D eigenvalue weighted by Gasteiger charge is -2.21. The van der Waals surface area contributed by atoms with E-state index in [2.05, 4.69) is 79.3 Å². The molecule has 0 aliphatic rings. The number of halogens is 1. The third kappa shape index (κ3) is 3.96. The molecule has 0 aromatic heterocycles. The SMILES string of the molecule is CNC(Cc1c(C)cc(C)cc1C)c1cc(C)cc(Br)c1. The minimum atomic E-state index is 0.335. The number of rotatable bonds is 4. The number of benzene rings is 2. The van der Waals surface area contributed by atoms with Crippen LogP contribution >= 0.6 is 15.9 Å². The molecule has 0 amide bonds. The molecule has 1 N–H and O–H groups in total. The smallest absolute Gasteiger partial charge is 0.0359 e. The molecule has 2 rings (SSSR count). The molecule has 0 spiro atoms. The summed E-state index contributed by atoms with van der Waals surface area (Å²) in [5.74, 6) is 0. The van der Waals surface area contributed by atoms with Crippen molar-refractivity contribution < 1.29 is 0 Å². The molecule has 112 valence electrons. The zero-order valence-electron chi connectivity index (χ0n) is 13.5. The van der Waals surface area contributed by atoms with Crippen LogP contribution in [-0.4, -0.2) is 7.05 Å². The first kappa shape index (κ1) is 16.3. The standard InChI is InChI=1S/C19H24BrN/c1-12-6-14(3)18(15(4)7-12)11-19(21-5)16-8-13(2)9-17(20)10-16/h6-10,19,21H,11H2,1-5H3. The Morgan fingerprint density at radius 1 is 0.905 bits per heavy atom. The van der Waals surface area contributed by atoms with E-state index in [1.165, 1.54) is 33.4 Å². The summed E-state index contributed by atoms with van der Waals surface area (Å²) in [4.78, 5) is 0. The Morgan fingerprint density at radius 2 is 1.48 bits per heavy atom. The quantitative estimate of drug-likeness (QED) is 0.804. The summed E-state index contributed by atoms with van der Waals surface area (Å²) < 4.78 is 1.15. The first-order chi connectivity index (χ1) is 9.90. The fourth-order valence-electron chi connectivity index (χ4n) is 3.09. The van der Waals surface area contributed by atoms with Crippen LogP contribution in [0.3, 0.4) is 0 Å². The molecule has 0 bridgehead atoms. The zero-order chi connectivity index (χ0) is 15.6. The van der Waals surface area contributed by atoms with E-state index in [9.17, 15) is 0 Å². The van der Waals surface area contributed by atoms with Crippen LogP contribution in [0.15, 0.2) is 34.8 Å². The molecule has 0 radical (unpaired) electrons. The average Bonchev–Trinajstić information content (AvgIpc) is 2.36. The summed E-state index contributed by atoms with van der Waals surface area (Å²) in [6.07, 6.45) is 1.02. The normalized spacial score (nSPS) is 12.5. The van der Waals surface area contributed by atoms with Gasteiger partial charge in [0.2, 0.25) is 0 Å². The molecule has 0 fully saturated rings. The number of hydrogen-bond acceptors (Lipinski definition) is 1. The molecule has 0 saturated carbocycles. The van der Waals surface area contributed by atoms with Gasteiger partial charge in [-0.25, -0.2) is 0 Å². The lowest BCUT2D eigenvalue weighted by atomic mass is 9.91. The van der Waals surface area contributed by atoms with Gasteiger partial charge >= 0.3 is 0 Å². The number of nitrogens with one attached hydrogen (secondary N) is 1. The molecular weight excluding hydrogens is 322 g/mol. The van der Waals surface area contributed by atoms with Gasteiger partial charge in [-0.1, -0.05) is 39.7 Å². The largest absolute Gasteiger partial charge is 0.313 e. The monoisotopic (exact) mass is 345 g/mol. The van der Waals surface area contributed by atoms with Gasteiger partial charge in [-0.2, -0.15) is 0 Å². The van der Waals surface area contributed by atoms with Crippen molar-refractivity contribution in [1.82, 2.24) is 5.32 Å². The Hall–Kier alpha value is -1.12. The molecule has 2 aromatic carbocycles. The van der Waals surface area contributed by atoms with E-state index in [-0.39, 0.29) is 0 Å². The van der Waals surface area contributed by atoms with Crippen LogP contribution in [-0.2, 0) is 6.42 Å². The second-order valence-electron chi connectivity index (χ2n) is 5.98. The number of hydrogen-bond donors (Lipinski definition) is 1. The Kier molecular flexibility index (Phi) is 5.23. The van der Waals surface area contributed by atoms with Gasteiger partial charge in [0.25, 0.3) is 0 Å². The van der Waals surface area contributed by atoms with Crippen molar-refractivity contribution in [2.45, 2.75) is 40.2 Å². The van der Waals surface area contributed by atoms with Crippen LogP contribution in [0.25, 0.3) is 0 Å². The summed E-state index contributed by atoms with van der Waals surface area (Å²) >= 11 is 3.61. The van der Waals surface area contributed by atoms with Gasteiger partial charge in [-0.05, 0) is 81.1 Å². The Labute approximate surface area is 136 Å². The van der Waals surface area contributed by atoms with Crippen LogP contribution < -0.4 is 5.32 Å². The maximum Gasteiger partial charge on any atom is 0.0359 e. The zero-order valence-corrected chi connectivity index (χ0v) is 15.1. The fourth-order valence-corrected chi connectivity index (χ4v) is 3.71. The second-order valence-corrected chi connectivity index (χ2v) is 6.90. The average molecular weight is 346 g/mol. The van der Waals surface area contributed by atoms with Crippen molar-refractivity contribution >= 4 is 15.9 Å². The number of likely N-dealkylation sites (N-methyl/N-ethyl adjacent to an activating group) is 1. The third-order valence-electron chi connectivity index (χ3n) is 4.06. The first-order valence-corrected chi connectivity index (χ1v) is 8.21. The van der Waals surface area contributed by atoms with Crippen LogP contribution in [0, 0.1) is 27.7 Å². The van der Waals surface area contributed by atoms with Crippen LogP contribution in [0.2, 0.25) is 0 Å². The highest BCUT2D eigenvalue weighted by Gasteiger charge is 2.14. The van der Waals surface area contributed by atoms with Crippen molar-refractivity contribution in [1.29, 1.82) is 0 Å². The van der Waals surface area contributed by atoms with E-state index in [1.807, 2.05) is 7.05 Å². The molecule has 0 aliphatic carbocycles. The first-order valence-electron chi connectivity index (χ1n) is 7.41. The third-order valence-corrected chi connectivity index (χ3v) is 4.52. The van der Waals surface area contributed by atoms with Crippen molar-refractivity contribution in [3.8, 4) is 0 Å². The highest BCUT2D eigenvalue weighted by atomic mass is 79.9. The molecule has 0 aliphatic heterocycles. The Morgan fingerprint density at radius 3 is 2.00 bits per heavy atom. The van der Waals surface area contributed by atoms with Crippen molar-refractivity contribution in [2.75, 3.05) is 7.05 Å². The van der Waals surface area contributed by atoms with Gasteiger partial charge in [-0.3, -0.25) is 0 Å². The molecule has 0 saturated heterocycles. The Balaban J connectivity index is 2.35. The van der Waals surface area contributed by atoms with Gasteiger partial charge in [-0.15, -0.1) is 0 Å². The van der Waals surface area contributed by atoms with Gasteiger partial charge in [0.1, 0.15) is 0 Å². The van der Waals surface area contributed by atoms with Crippen molar-refractivity contribution in [3.05, 3.63) is 68.2 Å². The van der Waals surface area contributed by atoms with Gasteiger partial charge in [0, 0.05) is 10.5 Å². The van der Waals surface area contributed by atoms with Crippen molar-refractivity contribution in [3.63, 3.8) is 0 Å². The Bertz CT molecular complexity index is 603. The van der Waals surface area contributed by atoms with Gasteiger partial charge in [0.15, 0.2) is 0 Å². The lowest BCUT2D eigenvalue weighted by molar-refractivity contribution is 0.588. The number of aryl methyl sites for hydroxylation is 4. The molecule has 1 nitrogen and oxygen atoms in total. The molecule has 1 unspecified atom stereocenters. The van der Waals surface area contributed by atoms with Crippen molar-refractivity contribution in [2.24, 2.45) is 0 Å². The summed E-state index contributed by atoms with van der Waals surface area (Å²) in [5.41, 5.74) is 8.20. The van der Waals surface area contributed by atoms with E-state index < -0.39 is 0 Å². The second kappa shape index (κ2) is 6.76. The molecular formula is C19H24BrN. The molecule has 21 heavy (non-hydrogen) atoms. The van der Waals surface area contributed by atoms with Gasteiger partial charge < -0.3 is 5.32 Å². The van der Waals surface area contributed by atoms with E-state index >= 15 is 0 Å². The summed E-state index contributed by atoms with van der Waals surface area (Å²) in [7, 11) is 2.04. The van der Waals surface area contributed by atoms with Gasteiger partial charge in [0.05, 0.1) is 0 Å². The summed E-state index contributed by atoms with van der Waals surface area (Å²) in [5, 5.41) is 3.47. The predicted octanol–water partition coefficient (Wildman–Crippen LogP) is 5.19. The maximum atomic E-state index is 3.61. The van der Waals surface area contributed by atoms with E-state index in [0.29, 0.717) is 6.04 Å². The minimum Gasteiger partial charge on any atom is -0.313 e. The minimum absolute atomic E-state index is 0.335. The highest BCUT2D eigenvalue weighted by Crippen LogP contribution is 2.26.